The van der Waals surface area contributed by atoms with Gasteiger partial charge in [-0.25, -0.2) is 0 Å². The van der Waals surface area contributed by atoms with Gasteiger partial charge in [0.15, 0.2) is 16.9 Å². The first-order chi connectivity index (χ1) is 5.49. The van der Waals surface area contributed by atoms with Crippen LogP contribution < -0.4 is 0 Å². The standard InChI is InChI=1S/C7H16NO2P2/c1-8(2,3)6-4-5-7(11-9)12-10/h7H,4-6H2,1-3H3/q+1. The fourth-order valence-corrected chi connectivity index (χ4v) is 1.60. The maximum absolute atomic E-state index is 10.4. The van der Waals surface area contributed by atoms with Gasteiger partial charge in [0.05, 0.1) is 27.7 Å². The van der Waals surface area contributed by atoms with Gasteiger partial charge in [0.2, 0.25) is 0 Å². The Morgan fingerprint density at radius 1 is 1.17 bits per heavy atom. The van der Waals surface area contributed by atoms with Crippen molar-refractivity contribution < 1.29 is 13.6 Å². The van der Waals surface area contributed by atoms with E-state index in [0.717, 1.165) is 23.9 Å². The zero-order valence-electron chi connectivity index (χ0n) is 7.86. The maximum Gasteiger partial charge on any atom is 0.171 e. The van der Waals surface area contributed by atoms with Gasteiger partial charge in [-0.1, -0.05) is 0 Å². The highest BCUT2D eigenvalue weighted by Gasteiger charge is 2.11. The van der Waals surface area contributed by atoms with E-state index < -0.39 is 0 Å². The summed E-state index contributed by atoms with van der Waals surface area (Å²) >= 11 is 0. The van der Waals surface area contributed by atoms with Crippen molar-refractivity contribution in [1.29, 1.82) is 0 Å². The second-order valence-electron chi connectivity index (χ2n) is 3.85. The molecule has 0 aliphatic heterocycles. The van der Waals surface area contributed by atoms with Crippen molar-refractivity contribution in [2.75, 3.05) is 27.7 Å². The first-order valence-electron chi connectivity index (χ1n) is 3.95. The van der Waals surface area contributed by atoms with Gasteiger partial charge in [-0.15, -0.1) is 0 Å². The molecule has 0 spiro atoms. The Morgan fingerprint density at radius 3 is 2.00 bits per heavy atom. The minimum atomic E-state index is -0.198. The van der Waals surface area contributed by atoms with Crippen molar-refractivity contribution in [2.24, 2.45) is 0 Å². The Kier molecular flexibility index (Phi) is 5.82. The van der Waals surface area contributed by atoms with Crippen LogP contribution in [0, 0.1) is 0 Å². The van der Waals surface area contributed by atoms with E-state index in [0.29, 0.717) is 0 Å². The SMILES string of the molecule is C[N+](C)(C)CCCC(P=O)P=O. The Balaban J connectivity index is 3.55. The predicted molar refractivity (Wildman–Crippen MR) is 51.1 cm³/mol. The predicted octanol–water partition coefficient (Wildman–Crippen LogP) is 2.38. The van der Waals surface area contributed by atoms with E-state index in [1.54, 1.807) is 0 Å². The monoisotopic (exact) mass is 208 g/mol. The van der Waals surface area contributed by atoms with Crippen molar-refractivity contribution in [3.05, 3.63) is 0 Å². The third-order valence-electron chi connectivity index (χ3n) is 1.53. The second kappa shape index (κ2) is 5.75. The summed E-state index contributed by atoms with van der Waals surface area (Å²) in [5.41, 5.74) is 0. The van der Waals surface area contributed by atoms with Gasteiger partial charge < -0.3 is 4.48 Å². The van der Waals surface area contributed by atoms with E-state index in [2.05, 4.69) is 21.1 Å². The molecule has 0 amide bonds. The number of hydrogen-bond donors (Lipinski definition) is 0. The first-order valence-corrected chi connectivity index (χ1v) is 5.71. The number of nitrogens with zero attached hydrogens (tertiary/aromatic N) is 1. The van der Waals surface area contributed by atoms with Gasteiger partial charge in [0.1, 0.15) is 5.40 Å². The molecule has 5 heteroatoms. The molecule has 0 unspecified atom stereocenters. The lowest BCUT2D eigenvalue weighted by Crippen LogP contribution is -2.35. The Morgan fingerprint density at radius 2 is 1.67 bits per heavy atom. The zero-order valence-corrected chi connectivity index (χ0v) is 9.65. The Hall–Kier alpha value is 0.160. The van der Waals surface area contributed by atoms with Crippen LogP contribution in [0.1, 0.15) is 12.8 Å². The lowest BCUT2D eigenvalue weighted by Gasteiger charge is -2.23. The van der Waals surface area contributed by atoms with Gasteiger partial charge in [-0.2, -0.15) is 0 Å². The summed E-state index contributed by atoms with van der Waals surface area (Å²) in [5.74, 6) is 0. The Bertz CT molecular complexity index is 148. The van der Waals surface area contributed by atoms with Crippen LogP contribution in [0.2, 0.25) is 0 Å². The zero-order chi connectivity index (χ0) is 9.61. The third kappa shape index (κ3) is 6.84. The molecule has 0 N–H and O–H groups in total. The lowest BCUT2D eigenvalue weighted by atomic mass is 10.3. The van der Waals surface area contributed by atoms with E-state index in [9.17, 15) is 9.13 Å². The lowest BCUT2D eigenvalue weighted by molar-refractivity contribution is -0.870. The molecule has 0 fully saturated rings. The van der Waals surface area contributed by atoms with Gasteiger partial charge >= 0.3 is 0 Å². The molecule has 0 saturated heterocycles. The topological polar surface area (TPSA) is 34.1 Å². The number of quaternary nitrogens is 1. The van der Waals surface area contributed by atoms with Crippen molar-refractivity contribution in [3.8, 4) is 0 Å². The molecule has 0 bridgehead atoms. The summed E-state index contributed by atoms with van der Waals surface area (Å²) in [6.45, 7) is 1.03. The molecule has 0 radical (unpaired) electrons. The largest absolute Gasteiger partial charge is 0.331 e. The van der Waals surface area contributed by atoms with Gasteiger partial charge in [-0.3, -0.25) is 9.13 Å². The Labute approximate surface area is 77.1 Å². The molecular weight excluding hydrogens is 192 g/mol. The average molecular weight is 208 g/mol. The van der Waals surface area contributed by atoms with Gasteiger partial charge in [0.25, 0.3) is 0 Å². The quantitative estimate of drug-likeness (QED) is 0.496. The van der Waals surface area contributed by atoms with Crippen LogP contribution in [-0.2, 0) is 9.13 Å². The van der Waals surface area contributed by atoms with E-state index in [4.69, 9.17) is 0 Å². The summed E-state index contributed by atoms with van der Waals surface area (Å²) in [5, 5.41) is -0.198. The number of hydrogen-bond acceptors (Lipinski definition) is 2. The minimum absolute atomic E-state index is 0.000461. The van der Waals surface area contributed by atoms with Crippen LogP contribution in [-0.4, -0.2) is 37.6 Å². The summed E-state index contributed by atoms with van der Waals surface area (Å²) in [6, 6.07) is 0. The van der Waals surface area contributed by atoms with Crippen LogP contribution >= 0.6 is 16.9 Å². The number of rotatable bonds is 6. The fraction of sp³-hybridized carbons (Fsp3) is 1.00. The molecule has 0 aromatic carbocycles. The summed E-state index contributed by atoms with van der Waals surface area (Å²) < 4.78 is 21.7. The van der Waals surface area contributed by atoms with Gasteiger partial charge in [-0.05, 0) is 12.8 Å². The van der Waals surface area contributed by atoms with Gasteiger partial charge in [0, 0.05) is 0 Å². The molecule has 0 aromatic heterocycles. The summed E-state index contributed by atoms with van der Waals surface area (Å²) in [6.07, 6.45) is 1.74. The molecule has 0 aliphatic rings. The molecular formula is C7H16NO2P2+. The molecule has 0 saturated carbocycles. The third-order valence-corrected chi connectivity index (χ3v) is 3.10. The molecule has 0 rings (SSSR count). The van der Waals surface area contributed by atoms with E-state index >= 15 is 0 Å². The normalized spacial score (nSPS) is 15.2. The van der Waals surface area contributed by atoms with Crippen LogP contribution in [0.5, 0.6) is 0 Å². The maximum atomic E-state index is 10.4. The van der Waals surface area contributed by atoms with Crippen molar-refractivity contribution in [1.82, 2.24) is 0 Å². The van der Waals surface area contributed by atoms with Crippen LogP contribution in [0.3, 0.4) is 0 Å². The van der Waals surface area contributed by atoms with Crippen LogP contribution in [0.4, 0.5) is 0 Å². The molecule has 0 aromatic rings. The van der Waals surface area contributed by atoms with Crippen molar-refractivity contribution >= 4 is 16.9 Å². The fourth-order valence-electron chi connectivity index (χ4n) is 0.873. The highest BCUT2D eigenvalue weighted by Crippen LogP contribution is 2.24. The second-order valence-corrected chi connectivity index (χ2v) is 5.92. The van der Waals surface area contributed by atoms with Crippen molar-refractivity contribution in [3.63, 3.8) is 0 Å². The van der Waals surface area contributed by atoms with E-state index in [1.807, 2.05) is 0 Å². The minimum Gasteiger partial charge on any atom is -0.331 e. The average Bonchev–Trinajstić information content (AvgIpc) is 1.96. The summed E-state index contributed by atoms with van der Waals surface area (Å²) in [7, 11) is 6.33. The van der Waals surface area contributed by atoms with Crippen LogP contribution in [0.25, 0.3) is 0 Å². The molecule has 70 valence electrons. The molecule has 0 atom stereocenters. The first kappa shape index (κ1) is 12.2. The molecule has 0 heterocycles. The smallest absolute Gasteiger partial charge is 0.171 e. The molecule has 0 aliphatic carbocycles. The highest BCUT2D eigenvalue weighted by molar-refractivity contribution is 7.44. The van der Waals surface area contributed by atoms with Crippen LogP contribution in [0.15, 0.2) is 0 Å². The molecule has 3 nitrogen and oxygen atoms in total. The molecule has 12 heavy (non-hydrogen) atoms. The van der Waals surface area contributed by atoms with E-state index in [1.165, 1.54) is 0 Å². The highest BCUT2D eigenvalue weighted by atomic mass is 31.1. The van der Waals surface area contributed by atoms with E-state index in [-0.39, 0.29) is 22.3 Å². The van der Waals surface area contributed by atoms with Crippen molar-refractivity contribution in [2.45, 2.75) is 18.2 Å². The summed E-state index contributed by atoms with van der Waals surface area (Å²) in [4.78, 5) is 0.